The number of nitro benzene ring substituents is 1. The van der Waals surface area contributed by atoms with Crippen LogP contribution in [-0.2, 0) is 6.54 Å². The highest BCUT2D eigenvalue weighted by Gasteiger charge is 2.16. The van der Waals surface area contributed by atoms with E-state index in [0.29, 0.717) is 17.8 Å². The normalized spacial score (nSPS) is 9.95. The van der Waals surface area contributed by atoms with E-state index in [-0.39, 0.29) is 17.3 Å². The van der Waals surface area contributed by atoms with Crippen molar-refractivity contribution in [3.63, 3.8) is 0 Å². The van der Waals surface area contributed by atoms with Crippen molar-refractivity contribution in [2.45, 2.75) is 6.54 Å². The van der Waals surface area contributed by atoms with E-state index < -0.39 is 4.92 Å². The van der Waals surface area contributed by atoms with Crippen molar-refractivity contribution in [2.75, 3.05) is 12.4 Å². The summed E-state index contributed by atoms with van der Waals surface area (Å²) in [5.74, 6) is -0.310. The maximum Gasteiger partial charge on any atom is 0.292 e. The first-order valence-corrected chi connectivity index (χ1v) is 6.11. The molecule has 8 heteroatoms. The number of nitrogens with zero attached hydrogens (tertiary/aromatic N) is 3. The van der Waals surface area contributed by atoms with Gasteiger partial charge in [-0.1, -0.05) is 0 Å². The number of aromatic nitrogens is 2. The summed E-state index contributed by atoms with van der Waals surface area (Å²) in [4.78, 5) is 29.9. The molecule has 0 bridgehead atoms. The second-order valence-corrected chi connectivity index (χ2v) is 4.12. The Labute approximate surface area is 120 Å². The Morgan fingerprint density at radius 1 is 1.38 bits per heavy atom. The standard InChI is InChI=1S/C13H13N5O3/c1-14-13(19)9-2-3-12(18(20)21)11(6-9)16-7-10-4-5-15-8-17-10/h2-6,8,16H,7H2,1H3,(H,14,19). The number of rotatable bonds is 5. The predicted octanol–water partition coefficient (Wildman–Crippen LogP) is 1.36. The summed E-state index contributed by atoms with van der Waals surface area (Å²) in [5, 5.41) is 16.4. The lowest BCUT2D eigenvalue weighted by Gasteiger charge is -2.08. The fraction of sp³-hybridized carbons (Fsp3) is 0.154. The summed E-state index contributed by atoms with van der Waals surface area (Å²) in [6.45, 7) is 0.292. The van der Waals surface area contributed by atoms with Crippen LogP contribution in [0.1, 0.15) is 16.1 Å². The number of anilines is 1. The molecule has 0 aliphatic rings. The molecular formula is C13H13N5O3. The highest BCUT2D eigenvalue weighted by Crippen LogP contribution is 2.25. The summed E-state index contributed by atoms with van der Waals surface area (Å²) in [7, 11) is 1.50. The first kappa shape index (κ1) is 14.4. The summed E-state index contributed by atoms with van der Waals surface area (Å²) >= 11 is 0. The zero-order valence-corrected chi connectivity index (χ0v) is 11.2. The minimum Gasteiger partial charge on any atom is -0.374 e. The molecule has 1 aromatic carbocycles. The van der Waals surface area contributed by atoms with Gasteiger partial charge in [-0.05, 0) is 18.2 Å². The first-order chi connectivity index (χ1) is 10.1. The number of hydrogen-bond donors (Lipinski definition) is 2. The molecule has 1 heterocycles. The molecule has 0 unspecified atom stereocenters. The lowest BCUT2D eigenvalue weighted by molar-refractivity contribution is -0.384. The van der Waals surface area contributed by atoms with Gasteiger partial charge in [0, 0.05) is 24.9 Å². The van der Waals surface area contributed by atoms with E-state index in [2.05, 4.69) is 20.6 Å². The largest absolute Gasteiger partial charge is 0.374 e. The molecule has 2 N–H and O–H groups in total. The topological polar surface area (TPSA) is 110 Å². The molecule has 1 amide bonds. The van der Waals surface area contributed by atoms with Crippen molar-refractivity contribution in [2.24, 2.45) is 0 Å². The average Bonchev–Trinajstić information content (AvgIpc) is 2.52. The minimum atomic E-state index is -0.504. The van der Waals surface area contributed by atoms with Crippen molar-refractivity contribution in [3.8, 4) is 0 Å². The molecule has 0 saturated carbocycles. The average molecular weight is 287 g/mol. The maximum atomic E-state index is 11.6. The van der Waals surface area contributed by atoms with Crippen molar-refractivity contribution >= 4 is 17.3 Å². The molecule has 1 aromatic heterocycles. The Bertz CT molecular complexity index is 660. The van der Waals surface area contributed by atoms with Crippen LogP contribution in [0.4, 0.5) is 11.4 Å². The number of nitrogens with one attached hydrogen (secondary N) is 2. The second-order valence-electron chi connectivity index (χ2n) is 4.12. The summed E-state index contributed by atoms with van der Waals surface area (Å²) in [6, 6.07) is 5.85. The maximum absolute atomic E-state index is 11.6. The van der Waals surface area contributed by atoms with Crippen LogP contribution < -0.4 is 10.6 Å². The van der Waals surface area contributed by atoms with E-state index >= 15 is 0 Å². The van der Waals surface area contributed by atoms with Crippen LogP contribution in [-0.4, -0.2) is 27.8 Å². The van der Waals surface area contributed by atoms with Crippen molar-refractivity contribution in [3.05, 3.63) is 58.2 Å². The van der Waals surface area contributed by atoms with E-state index in [1.54, 1.807) is 12.3 Å². The predicted molar refractivity (Wildman–Crippen MR) is 75.8 cm³/mol. The van der Waals surface area contributed by atoms with Crippen molar-refractivity contribution in [1.29, 1.82) is 0 Å². The lowest BCUT2D eigenvalue weighted by Crippen LogP contribution is -2.18. The van der Waals surface area contributed by atoms with Crippen LogP contribution in [0.25, 0.3) is 0 Å². The quantitative estimate of drug-likeness (QED) is 0.634. The lowest BCUT2D eigenvalue weighted by atomic mass is 10.1. The Morgan fingerprint density at radius 2 is 2.19 bits per heavy atom. The summed E-state index contributed by atoms with van der Waals surface area (Å²) in [5.41, 5.74) is 1.19. The van der Waals surface area contributed by atoms with Crippen LogP contribution in [0, 0.1) is 10.1 Å². The molecule has 21 heavy (non-hydrogen) atoms. The molecule has 0 spiro atoms. The van der Waals surface area contributed by atoms with Gasteiger partial charge in [0.2, 0.25) is 0 Å². The third-order valence-corrected chi connectivity index (χ3v) is 2.79. The number of benzene rings is 1. The highest BCUT2D eigenvalue weighted by atomic mass is 16.6. The number of hydrogen-bond acceptors (Lipinski definition) is 6. The van der Waals surface area contributed by atoms with E-state index in [9.17, 15) is 14.9 Å². The van der Waals surface area contributed by atoms with Gasteiger partial charge in [-0.15, -0.1) is 0 Å². The van der Waals surface area contributed by atoms with Gasteiger partial charge < -0.3 is 10.6 Å². The van der Waals surface area contributed by atoms with Crippen LogP contribution >= 0.6 is 0 Å². The van der Waals surface area contributed by atoms with Crippen molar-refractivity contribution < 1.29 is 9.72 Å². The monoisotopic (exact) mass is 287 g/mol. The van der Waals surface area contributed by atoms with Gasteiger partial charge in [0.1, 0.15) is 12.0 Å². The van der Waals surface area contributed by atoms with Gasteiger partial charge in [0.05, 0.1) is 17.2 Å². The Kier molecular flexibility index (Phi) is 4.39. The molecule has 0 aliphatic heterocycles. The highest BCUT2D eigenvalue weighted by molar-refractivity contribution is 5.95. The smallest absolute Gasteiger partial charge is 0.292 e. The van der Waals surface area contributed by atoms with Crippen LogP contribution in [0.15, 0.2) is 36.8 Å². The zero-order valence-electron chi connectivity index (χ0n) is 11.2. The molecule has 8 nitrogen and oxygen atoms in total. The van der Waals surface area contributed by atoms with Crippen molar-refractivity contribution in [1.82, 2.24) is 15.3 Å². The van der Waals surface area contributed by atoms with Crippen LogP contribution in [0.2, 0.25) is 0 Å². The molecule has 0 radical (unpaired) electrons. The van der Waals surface area contributed by atoms with E-state index in [0.717, 1.165) is 0 Å². The number of carbonyl (C=O) groups excluding carboxylic acids is 1. The second kappa shape index (κ2) is 6.42. The van der Waals surface area contributed by atoms with Gasteiger partial charge >= 0.3 is 0 Å². The van der Waals surface area contributed by atoms with E-state index in [1.807, 2.05) is 0 Å². The zero-order chi connectivity index (χ0) is 15.2. The Hall–Kier alpha value is -3.03. The number of amides is 1. The number of carbonyl (C=O) groups is 1. The first-order valence-electron chi connectivity index (χ1n) is 6.11. The third kappa shape index (κ3) is 3.50. The van der Waals surface area contributed by atoms with Gasteiger partial charge in [-0.3, -0.25) is 14.9 Å². The molecule has 2 aromatic rings. The van der Waals surface area contributed by atoms with Gasteiger partial charge in [-0.2, -0.15) is 0 Å². The fourth-order valence-corrected chi connectivity index (χ4v) is 1.73. The van der Waals surface area contributed by atoms with Gasteiger partial charge in [0.15, 0.2) is 0 Å². The Balaban J connectivity index is 2.26. The minimum absolute atomic E-state index is 0.100. The van der Waals surface area contributed by atoms with E-state index in [4.69, 9.17) is 0 Å². The summed E-state index contributed by atoms with van der Waals surface area (Å²) < 4.78 is 0. The molecule has 0 fully saturated rings. The summed E-state index contributed by atoms with van der Waals surface area (Å²) in [6.07, 6.45) is 2.98. The SMILES string of the molecule is CNC(=O)c1ccc([N+](=O)[O-])c(NCc2ccncn2)c1. The van der Waals surface area contributed by atoms with E-state index in [1.165, 1.54) is 31.6 Å². The third-order valence-electron chi connectivity index (χ3n) is 2.79. The molecule has 0 saturated heterocycles. The fourth-order valence-electron chi connectivity index (χ4n) is 1.73. The van der Waals surface area contributed by atoms with Gasteiger partial charge in [0.25, 0.3) is 11.6 Å². The molecule has 0 atom stereocenters. The van der Waals surface area contributed by atoms with Crippen LogP contribution in [0.3, 0.4) is 0 Å². The molecular weight excluding hydrogens is 274 g/mol. The van der Waals surface area contributed by atoms with Crippen LogP contribution in [0.5, 0.6) is 0 Å². The molecule has 108 valence electrons. The molecule has 0 aliphatic carbocycles. The molecule has 2 rings (SSSR count). The Morgan fingerprint density at radius 3 is 2.81 bits per heavy atom. The van der Waals surface area contributed by atoms with Gasteiger partial charge in [-0.25, -0.2) is 9.97 Å². The number of nitro groups is 1.